The van der Waals surface area contributed by atoms with Gasteiger partial charge in [0.2, 0.25) is 0 Å². The van der Waals surface area contributed by atoms with Gasteiger partial charge in [0.05, 0.1) is 0 Å². The molecule has 0 bridgehead atoms. The monoisotopic (exact) mass is 230 g/mol. The van der Waals surface area contributed by atoms with Gasteiger partial charge in [-0.25, -0.2) is 0 Å². The first-order valence-electron chi connectivity index (χ1n) is 3.06. The van der Waals surface area contributed by atoms with Crippen molar-refractivity contribution < 1.29 is 40.2 Å². The van der Waals surface area contributed by atoms with Crippen LogP contribution in [0.5, 0.6) is 0 Å². The van der Waals surface area contributed by atoms with Gasteiger partial charge in [0, 0.05) is 6.92 Å². The smallest absolute Gasteiger partial charge is 0.294 e. The van der Waals surface area contributed by atoms with E-state index in [2.05, 4.69) is 9.47 Å². The maximum Gasteiger partial charge on any atom is 0.483 e. The van der Waals surface area contributed by atoms with E-state index >= 15 is 0 Å². The molecule has 0 aliphatic heterocycles. The first kappa shape index (κ1) is 13.4. The normalized spacial score (nSPS) is 14.6. The van der Waals surface area contributed by atoms with Crippen molar-refractivity contribution in [2.45, 2.75) is 25.3 Å². The molecule has 9 heteroatoms. The third-order valence-electron chi connectivity index (χ3n) is 0.883. The van der Waals surface area contributed by atoms with Crippen LogP contribution >= 0.6 is 0 Å². The highest BCUT2D eigenvalue weighted by atomic mass is 19.4. The van der Waals surface area contributed by atoms with E-state index in [0.29, 0.717) is 0 Å². The van der Waals surface area contributed by atoms with Crippen molar-refractivity contribution in [3.63, 3.8) is 0 Å². The van der Waals surface area contributed by atoms with E-state index in [1.165, 1.54) is 0 Å². The highest BCUT2D eigenvalue weighted by Crippen LogP contribution is 2.36. The standard InChI is InChI=1S/C5H5F7O2/c1-3(6,7)13-2-14-5(11,12)4(8,9)10/h2H2,1H3. The van der Waals surface area contributed by atoms with Crippen LogP contribution in [-0.2, 0) is 9.47 Å². The van der Waals surface area contributed by atoms with Gasteiger partial charge in [0.1, 0.15) is 0 Å². The Morgan fingerprint density at radius 1 is 0.857 bits per heavy atom. The van der Waals surface area contributed by atoms with Crippen molar-refractivity contribution >= 4 is 0 Å². The molecule has 0 radical (unpaired) electrons. The Balaban J connectivity index is 4.02. The summed E-state index contributed by atoms with van der Waals surface area (Å²) >= 11 is 0. The summed E-state index contributed by atoms with van der Waals surface area (Å²) in [5, 5.41) is 0. The molecule has 0 aromatic heterocycles. The summed E-state index contributed by atoms with van der Waals surface area (Å²) in [5.74, 6) is 0. The highest BCUT2D eigenvalue weighted by Gasteiger charge is 2.59. The van der Waals surface area contributed by atoms with Crippen molar-refractivity contribution in [3.05, 3.63) is 0 Å². The van der Waals surface area contributed by atoms with Crippen LogP contribution in [0.1, 0.15) is 6.92 Å². The van der Waals surface area contributed by atoms with Crippen LogP contribution < -0.4 is 0 Å². The molecule has 0 spiro atoms. The van der Waals surface area contributed by atoms with Crippen molar-refractivity contribution in [1.82, 2.24) is 0 Å². The van der Waals surface area contributed by atoms with Gasteiger partial charge in [0.15, 0.2) is 6.79 Å². The van der Waals surface area contributed by atoms with Crippen molar-refractivity contribution in [2.75, 3.05) is 6.79 Å². The molecule has 86 valence electrons. The highest BCUT2D eigenvalue weighted by molar-refractivity contribution is 4.62. The summed E-state index contributed by atoms with van der Waals surface area (Å²) < 4.78 is 87.2. The summed E-state index contributed by atoms with van der Waals surface area (Å²) in [6, 6.07) is 0. The molecule has 0 heterocycles. The van der Waals surface area contributed by atoms with E-state index in [1.54, 1.807) is 0 Å². The summed E-state index contributed by atoms with van der Waals surface area (Å²) in [4.78, 5) is 0. The third-order valence-corrected chi connectivity index (χ3v) is 0.883. The fourth-order valence-electron chi connectivity index (χ4n) is 0.289. The maximum atomic E-state index is 11.8. The van der Waals surface area contributed by atoms with Crippen molar-refractivity contribution in [3.8, 4) is 0 Å². The number of rotatable bonds is 4. The first-order chi connectivity index (χ1) is 5.96. The molecule has 0 amide bonds. The molecule has 14 heavy (non-hydrogen) atoms. The number of alkyl halides is 7. The van der Waals surface area contributed by atoms with Crippen LogP contribution in [0.2, 0.25) is 0 Å². The molecule has 0 saturated heterocycles. The zero-order chi connectivity index (χ0) is 11.6. The molecule has 0 saturated carbocycles. The minimum absolute atomic E-state index is 0.169. The van der Waals surface area contributed by atoms with Crippen LogP contribution in [0.3, 0.4) is 0 Å². The summed E-state index contributed by atoms with van der Waals surface area (Å²) in [5.41, 5.74) is 0. The Bertz CT molecular complexity index is 181. The first-order valence-corrected chi connectivity index (χ1v) is 3.06. The van der Waals surface area contributed by atoms with Crippen LogP contribution in [0, 0.1) is 0 Å². The quantitative estimate of drug-likeness (QED) is 0.546. The number of halogens is 7. The number of hydrogen-bond acceptors (Lipinski definition) is 2. The zero-order valence-electron chi connectivity index (χ0n) is 6.67. The molecule has 0 fully saturated rings. The average molecular weight is 230 g/mol. The lowest BCUT2D eigenvalue weighted by Crippen LogP contribution is -2.40. The fourth-order valence-corrected chi connectivity index (χ4v) is 0.289. The van der Waals surface area contributed by atoms with E-state index < -0.39 is 25.2 Å². The van der Waals surface area contributed by atoms with Crippen LogP contribution in [-0.4, -0.2) is 25.2 Å². The minimum atomic E-state index is -5.96. The molecule has 0 aromatic carbocycles. The van der Waals surface area contributed by atoms with Gasteiger partial charge in [0.25, 0.3) is 0 Å². The van der Waals surface area contributed by atoms with Crippen LogP contribution in [0.4, 0.5) is 30.7 Å². The van der Waals surface area contributed by atoms with Crippen LogP contribution in [0.25, 0.3) is 0 Å². The number of ether oxygens (including phenoxy) is 2. The predicted molar refractivity (Wildman–Crippen MR) is 28.7 cm³/mol. The maximum absolute atomic E-state index is 11.8. The largest absolute Gasteiger partial charge is 0.483 e. The van der Waals surface area contributed by atoms with Gasteiger partial charge in [-0.2, -0.15) is 30.7 Å². The van der Waals surface area contributed by atoms with Gasteiger partial charge in [-0.15, -0.1) is 0 Å². The lowest BCUT2D eigenvalue weighted by molar-refractivity contribution is -0.419. The van der Waals surface area contributed by atoms with E-state index in [4.69, 9.17) is 0 Å². The Labute approximate surface area is 73.6 Å². The SMILES string of the molecule is CC(F)(F)OCOC(F)(F)C(F)(F)F. The molecule has 0 atom stereocenters. The molecule has 0 N–H and O–H groups in total. The second-order valence-electron chi connectivity index (χ2n) is 2.23. The van der Waals surface area contributed by atoms with Gasteiger partial charge in [-0.1, -0.05) is 0 Å². The fraction of sp³-hybridized carbons (Fsp3) is 1.00. The summed E-state index contributed by atoms with van der Waals surface area (Å²) in [7, 11) is 0. The molecule has 0 aliphatic rings. The molecular weight excluding hydrogens is 225 g/mol. The van der Waals surface area contributed by atoms with Gasteiger partial charge in [-0.3, -0.25) is 9.47 Å². The molecule has 0 rings (SSSR count). The Morgan fingerprint density at radius 2 is 1.29 bits per heavy atom. The Morgan fingerprint density at radius 3 is 1.57 bits per heavy atom. The lowest BCUT2D eigenvalue weighted by Gasteiger charge is -2.20. The van der Waals surface area contributed by atoms with E-state index in [0.717, 1.165) is 0 Å². The Hall–Kier alpha value is -0.570. The Kier molecular flexibility index (Phi) is 3.73. The molecule has 0 unspecified atom stereocenters. The second kappa shape index (κ2) is 3.89. The van der Waals surface area contributed by atoms with Crippen molar-refractivity contribution in [2.24, 2.45) is 0 Å². The average Bonchev–Trinajstić information content (AvgIpc) is 1.80. The minimum Gasteiger partial charge on any atom is -0.294 e. The van der Waals surface area contributed by atoms with E-state index in [-0.39, 0.29) is 6.92 Å². The molecule has 2 nitrogen and oxygen atoms in total. The second-order valence-corrected chi connectivity index (χ2v) is 2.23. The van der Waals surface area contributed by atoms with Gasteiger partial charge < -0.3 is 0 Å². The van der Waals surface area contributed by atoms with Gasteiger partial charge >= 0.3 is 18.4 Å². The predicted octanol–water partition coefficient (Wildman–Crippen LogP) is 2.74. The molecular formula is C5H5F7O2. The topological polar surface area (TPSA) is 18.5 Å². The summed E-state index contributed by atoms with van der Waals surface area (Å²) in [6.07, 6.45) is -15.3. The zero-order valence-corrected chi connectivity index (χ0v) is 6.67. The molecule has 0 aromatic rings. The van der Waals surface area contributed by atoms with Crippen LogP contribution in [0.15, 0.2) is 0 Å². The van der Waals surface area contributed by atoms with Gasteiger partial charge in [-0.05, 0) is 0 Å². The van der Waals surface area contributed by atoms with E-state index in [9.17, 15) is 30.7 Å². The molecule has 0 aliphatic carbocycles. The number of hydrogen-bond donors (Lipinski definition) is 0. The van der Waals surface area contributed by atoms with Crippen molar-refractivity contribution in [1.29, 1.82) is 0 Å². The van der Waals surface area contributed by atoms with E-state index in [1.807, 2.05) is 0 Å². The summed E-state index contributed by atoms with van der Waals surface area (Å²) in [6.45, 7) is -1.70. The lowest BCUT2D eigenvalue weighted by atomic mass is 10.6. The third kappa shape index (κ3) is 4.61.